The van der Waals surface area contributed by atoms with E-state index in [1.54, 1.807) is 6.07 Å². The van der Waals surface area contributed by atoms with Gasteiger partial charge in [0.25, 0.3) is 5.91 Å². The van der Waals surface area contributed by atoms with Gasteiger partial charge in [-0.1, -0.05) is 0 Å². The molecule has 2 aliphatic heterocycles. The number of hydrogen-bond donors (Lipinski definition) is 2. The lowest BCUT2D eigenvalue weighted by Crippen LogP contribution is -2.05. The van der Waals surface area contributed by atoms with Crippen molar-refractivity contribution in [3.05, 3.63) is 58.9 Å². The van der Waals surface area contributed by atoms with Crippen LogP contribution in [0.2, 0.25) is 0 Å². The minimum Gasteiger partial charge on any atom is -0.487 e. The quantitative estimate of drug-likeness (QED) is 0.794. The molecule has 2 N–H and O–H groups in total. The number of anilines is 2. The van der Waals surface area contributed by atoms with Crippen LogP contribution in [0.1, 0.15) is 16.7 Å². The summed E-state index contributed by atoms with van der Waals surface area (Å²) in [7, 11) is 1.85. The lowest BCUT2D eigenvalue weighted by Gasteiger charge is -2.05. The molecule has 0 atom stereocenters. The van der Waals surface area contributed by atoms with Gasteiger partial charge < -0.3 is 15.4 Å². The van der Waals surface area contributed by atoms with E-state index in [1.807, 2.05) is 25.2 Å². The molecule has 2 aliphatic rings. The van der Waals surface area contributed by atoms with Crippen molar-refractivity contribution >= 4 is 28.6 Å². The van der Waals surface area contributed by atoms with Crippen LogP contribution in [-0.4, -0.2) is 13.0 Å². The van der Waals surface area contributed by atoms with Gasteiger partial charge in [-0.3, -0.25) is 4.79 Å². The number of hydrogen-bond acceptors (Lipinski definition) is 3. The van der Waals surface area contributed by atoms with Crippen LogP contribution in [-0.2, 0) is 16.1 Å². The second-order valence-electron chi connectivity index (χ2n) is 5.26. The summed E-state index contributed by atoms with van der Waals surface area (Å²) >= 11 is 0. The number of fused-ring (bicyclic) bond motifs is 2. The van der Waals surface area contributed by atoms with Crippen LogP contribution in [0.3, 0.4) is 0 Å². The molecule has 4 nitrogen and oxygen atoms in total. The highest BCUT2D eigenvalue weighted by molar-refractivity contribution is 6.36. The molecule has 0 spiro atoms. The van der Waals surface area contributed by atoms with Crippen LogP contribution in [0.4, 0.5) is 15.8 Å². The first-order valence-corrected chi connectivity index (χ1v) is 6.97. The molecule has 0 aliphatic carbocycles. The number of amides is 1. The Morgan fingerprint density at radius 2 is 2.00 bits per heavy atom. The molecule has 5 heteroatoms. The van der Waals surface area contributed by atoms with Crippen molar-refractivity contribution in [1.82, 2.24) is 0 Å². The van der Waals surface area contributed by atoms with E-state index in [0.29, 0.717) is 29.2 Å². The summed E-state index contributed by atoms with van der Waals surface area (Å²) in [4.78, 5) is 12.3. The first-order valence-electron chi connectivity index (χ1n) is 6.97. The molecule has 110 valence electrons. The zero-order valence-electron chi connectivity index (χ0n) is 11.9. The van der Waals surface area contributed by atoms with Gasteiger partial charge in [-0.2, -0.15) is 0 Å². The average molecular weight is 296 g/mol. The predicted molar refractivity (Wildman–Crippen MR) is 82.6 cm³/mol. The second-order valence-corrected chi connectivity index (χ2v) is 5.26. The van der Waals surface area contributed by atoms with E-state index in [0.717, 1.165) is 16.8 Å². The molecule has 0 unspecified atom stereocenters. The maximum Gasteiger partial charge on any atom is 0.260 e. The molecule has 0 bridgehead atoms. The van der Waals surface area contributed by atoms with E-state index < -0.39 is 0 Å². The molecule has 22 heavy (non-hydrogen) atoms. The second kappa shape index (κ2) is 4.59. The third kappa shape index (κ3) is 1.79. The smallest absolute Gasteiger partial charge is 0.260 e. The third-order valence-corrected chi connectivity index (χ3v) is 3.96. The van der Waals surface area contributed by atoms with Gasteiger partial charge in [-0.05, 0) is 36.4 Å². The van der Waals surface area contributed by atoms with Gasteiger partial charge in [0.05, 0.1) is 11.3 Å². The van der Waals surface area contributed by atoms with Crippen molar-refractivity contribution in [3.63, 3.8) is 0 Å². The number of benzene rings is 2. The SMILES string of the molecule is CNc1ccc2c(c1)CO/C2=C1/C(=O)Nc2cc(F)ccc21. The Morgan fingerprint density at radius 3 is 2.82 bits per heavy atom. The molecule has 4 rings (SSSR count). The Balaban J connectivity index is 1.90. The summed E-state index contributed by atoms with van der Waals surface area (Å²) in [6.45, 7) is 0.424. The van der Waals surface area contributed by atoms with Gasteiger partial charge >= 0.3 is 0 Å². The summed E-state index contributed by atoms with van der Waals surface area (Å²) < 4.78 is 19.1. The van der Waals surface area contributed by atoms with Crippen molar-refractivity contribution < 1.29 is 13.9 Å². The fourth-order valence-electron chi connectivity index (χ4n) is 2.90. The molecule has 2 aromatic carbocycles. The van der Waals surface area contributed by atoms with E-state index in [1.165, 1.54) is 12.1 Å². The number of halogens is 1. The van der Waals surface area contributed by atoms with Crippen LogP contribution >= 0.6 is 0 Å². The Labute approximate surface area is 126 Å². The molecule has 0 saturated heterocycles. The van der Waals surface area contributed by atoms with Crippen LogP contribution < -0.4 is 10.6 Å². The molecule has 0 fully saturated rings. The molecule has 0 radical (unpaired) electrons. The fraction of sp³-hybridized carbons (Fsp3) is 0.118. The van der Waals surface area contributed by atoms with Gasteiger partial charge in [-0.25, -0.2) is 4.39 Å². The Morgan fingerprint density at radius 1 is 1.18 bits per heavy atom. The first-order chi connectivity index (χ1) is 10.7. The zero-order chi connectivity index (χ0) is 15.3. The van der Waals surface area contributed by atoms with Gasteiger partial charge in [0.1, 0.15) is 18.2 Å². The topological polar surface area (TPSA) is 50.4 Å². The Hall–Kier alpha value is -2.82. The monoisotopic (exact) mass is 296 g/mol. The van der Waals surface area contributed by atoms with Gasteiger partial charge in [0, 0.05) is 29.4 Å². The fourth-order valence-corrected chi connectivity index (χ4v) is 2.90. The van der Waals surface area contributed by atoms with Crippen LogP contribution in [0, 0.1) is 5.82 Å². The molecule has 0 saturated carbocycles. The van der Waals surface area contributed by atoms with Crippen molar-refractivity contribution in [2.24, 2.45) is 0 Å². The molecule has 1 amide bonds. The minimum absolute atomic E-state index is 0.263. The van der Waals surface area contributed by atoms with Gasteiger partial charge in [0.15, 0.2) is 0 Å². The highest BCUT2D eigenvalue weighted by Gasteiger charge is 2.32. The van der Waals surface area contributed by atoms with E-state index in [9.17, 15) is 9.18 Å². The summed E-state index contributed by atoms with van der Waals surface area (Å²) in [5, 5.41) is 5.77. The van der Waals surface area contributed by atoms with Crippen molar-refractivity contribution in [3.8, 4) is 0 Å². The average Bonchev–Trinajstić information content (AvgIpc) is 3.05. The predicted octanol–water partition coefficient (Wildman–Crippen LogP) is 3.22. The Kier molecular flexibility index (Phi) is 2.69. The largest absolute Gasteiger partial charge is 0.487 e. The number of nitrogens with one attached hydrogen (secondary N) is 2. The summed E-state index contributed by atoms with van der Waals surface area (Å²) in [5.41, 5.74) is 4.54. The van der Waals surface area contributed by atoms with E-state index >= 15 is 0 Å². The van der Waals surface area contributed by atoms with Crippen molar-refractivity contribution in [2.45, 2.75) is 6.61 Å². The summed E-state index contributed by atoms with van der Waals surface area (Å²) in [6, 6.07) is 10.1. The lowest BCUT2D eigenvalue weighted by molar-refractivity contribution is -0.110. The summed E-state index contributed by atoms with van der Waals surface area (Å²) in [5.74, 6) is -0.0849. The number of carbonyl (C=O) groups excluding carboxylic acids is 1. The van der Waals surface area contributed by atoms with E-state index in [-0.39, 0.29) is 11.7 Å². The van der Waals surface area contributed by atoms with Gasteiger partial charge in [0.2, 0.25) is 0 Å². The molecular weight excluding hydrogens is 283 g/mol. The number of ether oxygens (including phenoxy) is 1. The maximum atomic E-state index is 13.3. The molecule has 2 heterocycles. The van der Waals surface area contributed by atoms with Crippen LogP contribution in [0.15, 0.2) is 36.4 Å². The van der Waals surface area contributed by atoms with E-state index in [2.05, 4.69) is 10.6 Å². The van der Waals surface area contributed by atoms with Crippen molar-refractivity contribution in [2.75, 3.05) is 17.7 Å². The third-order valence-electron chi connectivity index (χ3n) is 3.96. The standard InChI is InChI=1S/C17H13FN2O2/c1-19-11-3-5-12-9(6-11)8-22-16(12)15-13-4-2-10(18)7-14(13)20-17(15)21/h2-7,19H,8H2,1H3,(H,20,21)/b16-15+. The molecule has 2 aromatic rings. The normalized spacial score (nSPS) is 18.5. The lowest BCUT2D eigenvalue weighted by atomic mass is 10.00. The molecule has 0 aromatic heterocycles. The maximum absolute atomic E-state index is 13.3. The van der Waals surface area contributed by atoms with Gasteiger partial charge in [-0.15, -0.1) is 0 Å². The highest BCUT2D eigenvalue weighted by atomic mass is 19.1. The van der Waals surface area contributed by atoms with E-state index in [4.69, 9.17) is 4.74 Å². The zero-order valence-corrected chi connectivity index (χ0v) is 11.9. The van der Waals surface area contributed by atoms with Crippen LogP contribution in [0.25, 0.3) is 11.3 Å². The number of rotatable bonds is 1. The minimum atomic E-state index is -0.378. The van der Waals surface area contributed by atoms with Crippen LogP contribution in [0.5, 0.6) is 0 Å². The number of carbonyl (C=O) groups is 1. The first kappa shape index (κ1) is 12.9. The summed E-state index contributed by atoms with van der Waals surface area (Å²) in [6.07, 6.45) is 0. The molecular formula is C17H13FN2O2. The highest BCUT2D eigenvalue weighted by Crippen LogP contribution is 2.42. The van der Waals surface area contributed by atoms with Crippen molar-refractivity contribution in [1.29, 1.82) is 0 Å². The Bertz CT molecular complexity index is 843.